The van der Waals surface area contributed by atoms with E-state index >= 15 is 0 Å². The summed E-state index contributed by atoms with van der Waals surface area (Å²) in [5.41, 5.74) is 2.90. The van der Waals surface area contributed by atoms with Crippen LogP contribution in [0.2, 0.25) is 6.32 Å². The van der Waals surface area contributed by atoms with Crippen LogP contribution in [0.4, 0.5) is 0 Å². The van der Waals surface area contributed by atoms with Crippen LogP contribution in [0.25, 0.3) is 0 Å². The highest BCUT2D eigenvalue weighted by atomic mass is 16.3. The van der Waals surface area contributed by atoms with Crippen molar-refractivity contribution in [3.05, 3.63) is 23.5 Å². The van der Waals surface area contributed by atoms with Crippen LogP contribution >= 0.6 is 0 Å². The van der Waals surface area contributed by atoms with E-state index < -0.39 is 5.60 Å². The van der Waals surface area contributed by atoms with E-state index in [9.17, 15) is 5.11 Å². The molecule has 0 aliphatic rings. The molecule has 0 bridgehead atoms. The van der Waals surface area contributed by atoms with Crippen LogP contribution in [-0.4, -0.2) is 23.0 Å². The summed E-state index contributed by atoms with van der Waals surface area (Å²) in [5, 5.41) is 10.1. The second kappa shape index (κ2) is 4.81. The molecule has 0 aliphatic heterocycles. The smallest absolute Gasteiger partial charge is 0.160 e. The van der Waals surface area contributed by atoms with Gasteiger partial charge in [0.1, 0.15) is 0 Å². The van der Waals surface area contributed by atoms with E-state index in [0.29, 0.717) is 0 Å². The molecular weight excluding hydrogens is 209 g/mol. The van der Waals surface area contributed by atoms with Gasteiger partial charge in [-0.3, -0.25) is 4.98 Å². The van der Waals surface area contributed by atoms with E-state index in [4.69, 9.17) is 0 Å². The van der Waals surface area contributed by atoms with Crippen molar-refractivity contribution >= 4 is 12.7 Å². The summed E-state index contributed by atoms with van der Waals surface area (Å²) in [6.45, 7) is 12.1. The lowest BCUT2D eigenvalue weighted by Gasteiger charge is -2.37. The molecule has 94 valence electrons. The van der Waals surface area contributed by atoms with Gasteiger partial charge >= 0.3 is 0 Å². The quantitative estimate of drug-likeness (QED) is 0.806. The number of hydrogen-bond donors (Lipinski definition) is 1. The molecule has 0 spiro atoms. The first-order chi connectivity index (χ1) is 7.63. The van der Waals surface area contributed by atoms with Crippen molar-refractivity contribution in [3.8, 4) is 0 Å². The van der Waals surface area contributed by atoms with Gasteiger partial charge in [0, 0.05) is 11.9 Å². The molecular formula is C14H24BNO. The van der Waals surface area contributed by atoms with Crippen molar-refractivity contribution in [2.75, 3.05) is 0 Å². The molecule has 0 aliphatic carbocycles. The van der Waals surface area contributed by atoms with Crippen LogP contribution in [0.5, 0.6) is 0 Å². The highest BCUT2D eigenvalue weighted by Gasteiger charge is 2.34. The van der Waals surface area contributed by atoms with Crippen LogP contribution in [0.15, 0.2) is 12.3 Å². The minimum absolute atomic E-state index is 0.0929. The van der Waals surface area contributed by atoms with Gasteiger partial charge in [-0.15, -0.1) is 0 Å². The van der Waals surface area contributed by atoms with E-state index in [1.807, 2.05) is 27.0 Å². The molecule has 0 atom stereocenters. The SMILES string of the molecule is Cc1cc(C)c(BCC(C)(C)C(C)(C)O)cn1. The monoisotopic (exact) mass is 233 g/mol. The van der Waals surface area contributed by atoms with Gasteiger partial charge in [0.25, 0.3) is 0 Å². The maximum Gasteiger partial charge on any atom is 0.160 e. The van der Waals surface area contributed by atoms with Gasteiger partial charge in [-0.25, -0.2) is 0 Å². The number of aryl methyl sites for hydroxylation is 2. The maximum atomic E-state index is 10.1. The first kappa shape index (κ1) is 14.2. The Morgan fingerprint density at radius 1 is 1.24 bits per heavy atom. The number of hydrogen-bond acceptors (Lipinski definition) is 2. The standard InChI is InChI=1S/C14H24BNO/c1-10-7-11(2)16-8-12(10)15-9-13(3,4)14(5,6)17/h7-8,15,17H,9H2,1-6H3. The van der Waals surface area contributed by atoms with Gasteiger partial charge in [-0.1, -0.05) is 31.2 Å². The molecule has 2 nitrogen and oxygen atoms in total. The normalized spacial score (nSPS) is 12.6. The molecule has 1 aromatic heterocycles. The molecule has 17 heavy (non-hydrogen) atoms. The number of aromatic nitrogens is 1. The van der Waals surface area contributed by atoms with Crippen molar-refractivity contribution in [2.45, 2.75) is 53.5 Å². The first-order valence-electron chi connectivity index (χ1n) is 6.28. The van der Waals surface area contributed by atoms with Crippen molar-refractivity contribution in [2.24, 2.45) is 5.41 Å². The number of pyridine rings is 1. The molecule has 0 fully saturated rings. The van der Waals surface area contributed by atoms with Crippen LogP contribution in [0.3, 0.4) is 0 Å². The Balaban J connectivity index is 2.74. The molecule has 1 aromatic rings. The summed E-state index contributed by atoms with van der Waals surface area (Å²) in [6, 6.07) is 2.12. The van der Waals surface area contributed by atoms with Gasteiger partial charge in [0.2, 0.25) is 0 Å². The second-order valence-corrected chi connectivity index (χ2v) is 6.20. The van der Waals surface area contributed by atoms with Gasteiger partial charge in [-0.05, 0) is 39.2 Å². The largest absolute Gasteiger partial charge is 0.390 e. The topological polar surface area (TPSA) is 33.1 Å². The van der Waals surface area contributed by atoms with E-state index in [0.717, 1.165) is 19.3 Å². The summed E-state index contributed by atoms with van der Waals surface area (Å²) < 4.78 is 0. The van der Waals surface area contributed by atoms with Gasteiger partial charge in [0.15, 0.2) is 7.28 Å². The van der Waals surface area contributed by atoms with E-state index in [-0.39, 0.29) is 5.41 Å². The van der Waals surface area contributed by atoms with Crippen LogP contribution in [-0.2, 0) is 0 Å². The van der Waals surface area contributed by atoms with E-state index in [1.54, 1.807) is 0 Å². The third-order valence-corrected chi connectivity index (χ3v) is 4.03. The maximum absolute atomic E-state index is 10.1. The fourth-order valence-electron chi connectivity index (χ4n) is 1.74. The lowest BCUT2D eigenvalue weighted by Crippen LogP contribution is -2.41. The molecule has 0 aromatic carbocycles. The Hall–Kier alpha value is -0.825. The van der Waals surface area contributed by atoms with E-state index in [1.165, 1.54) is 11.0 Å². The van der Waals surface area contributed by atoms with Crippen LogP contribution in [0.1, 0.15) is 39.0 Å². The average molecular weight is 233 g/mol. The van der Waals surface area contributed by atoms with Crippen molar-refractivity contribution in [1.82, 2.24) is 4.98 Å². The Kier molecular flexibility index (Phi) is 4.03. The minimum atomic E-state index is -0.654. The lowest BCUT2D eigenvalue weighted by molar-refractivity contribution is -0.0236. The van der Waals surface area contributed by atoms with Crippen molar-refractivity contribution in [1.29, 1.82) is 0 Å². The van der Waals surface area contributed by atoms with E-state index in [2.05, 4.69) is 31.8 Å². The van der Waals surface area contributed by atoms with Crippen molar-refractivity contribution < 1.29 is 5.11 Å². The van der Waals surface area contributed by atoms with Crippen LogP contribution < -0.4 is 5.46 Å². The minimum Gasteiger partial charge on any atom is -0.390 e. The number of nitrogens with zero attached hydrogens (tertiary/aromatic N) is 1. The molecule has 3 heteroatoms. The summed E-state index contributed by atoms with van der Waals surface area (Å²) in [4.78, 5) is 4.34. The Labute approximate surface area is 106 Å². The highest BCUT2D eigenvalue weighted by molar-refractivity contribution is 6.54. The molecule has 0 unspecified atom stereocenters. The Morgan fingerprint density at radius 3 is 2.29 bits per heavy atom. The fourth-order valence-corrected chi connectivity index (χ4v) is 1.74. The zero-order valence-electron chi connectivity index (χ0n) is 12.0. The molecule has 0 radical (unpaired) electrons. The summed E-state index contributed by atoms with van der Waals surface area (Å²) in [7, 11) is 0.968. The molecule has 0 saturated heterocycles. The van der Waals surface area contributed by atoms with Crippen molar-refractivity contribution in [3.63, 3.8) is 0 Å². The Morgan fingerprint density at radius 2 is 1.82 bits per heavy atom. The predicted molar refractivity (Wildman–Crippen MR) is 75.4 cm³/mol. The molecule has 0 saturated carbocycles. The summed E-state index contributed by atoms with van der Waals surface area (Å²) >= 11 is 0. The molecule has 1 rings (SSSR count). The number of aliphatic hydroxyl groups is 1. The first-order valence-corrected chi connectivity index (χ1v) is 6.28. The van der Waals surface area contributed by atoms with Gasteiger partial charge < -0.3 is 5.11 Å². The fraction of sp³-hybridized carbons (Fsp3) is 0.643. The zero-order valence-corrected chi connectivity index (χ0v) is 12.0. The molecule has 1 N–H and O–H groups in total. The second-order valence-electron chi connectivity index (χ2n) is 6.20. The van der Waals surface area contributed by atoms with Gasteiger partial charge in [-0.2, -0.15) is 0 Å². The lowest BCUT2D eigenvalue weighted by atomic mass is 9.55. The van der Waals surface area contributed by atoms with Crippen LogP contribution in [0, 0.1) is 19.3 Å². The predicted octanol–water partition coefficient (Wildman–Crippen LogP) is 1.98. The molecule has 1 heterocycles. The highest BCUT2D eigenvalue weighted by Crippen LogP contribution is 2.33. The van der Waals surface area contributed by atoms with Gasteiger partial charge in [0.05, 0.1) is 5.60 Å². The average Bonchev–Trinajstić information content (AvgIpc) is 2.14. The summed E-state index contributed by atoms with van der Waals surface area (Å²) in [6.07, 6.45) is 2.92. The third kappa shape index (κ3) is 3.57. The summed E-state index contributed by atoms with van der Waals surface area (Å²) in [5.74, 6) is 0. The molecule has 0 amide bonds. The number of rotatable bonds is 4. The third-order valence-electron chi connectivity index (χ3n) is 4.03. The Bertz CT molecular complexity index is 394. The zero-order chi connectivity index (χ0) is 13.3.